The molecule has 3 aromatic rings. The van der Waals surface area contributed by atoms with Crippen molar-refractivity contribution in [2.45, 2.75) is 18.8 Å². The van der Waals surface area contributed by atoms with Gasteiger partial charge in [-0.2, -0.15) is 9.57 Å². The summed E-state index contributed by atoms with van der Waals surface area (Å²) >= 11 is 0. The van der Waals surface area contributed by atoms with Crippen molar-refractivity contribution >= 4 is 32.9 Å². The van der Waals surface area contributed by atoms with Crippen molar-refractivity contribution in [3.05, 3.63) is 71.4 Å². The summed E-state index contributed by atoms with van der Waals surface area (Å²) < 4.78 is 28.5. The average molecular weight is 449 g/mol. The molecule has 8 heteroatoms. The molecule has 0 saturated carbocycles. The lowest BCUT2D eigenvalue weighted by atomic mass is 9.86. The van der Waals surface area contributed by atoms with E-state index in [9.17, 15) is 18.5 Å². The first kappa shape index (κ1) is 21.9. The van der Waals surface area contributed by atoms with Crippen LogP contribution in [0.25, 0.3) is 17.1 Å². The van der Waals surface area contributed by atoms with E-state index in [-0.39, 0.29) is 24.8 Å². The zero-order valence-corrected chi connectivity index (χ0v) is 18.6. The molecule has 1 aliphatic heterocycles. The Balaban J connectivity index is 1.45. The van der Waals surface area contributed by atoms with Crippen molar-refractivity contribution in [2.75, 3.05) is 13.1 Å². The third-order valence-electron chi connectivity index (χ3n) is 5.94. The number of hydrogen-bond acceptors (Lipinski definition) is 5. The van der Waals surface area contributed by atoms with Gasteiger partial charge in [0.25, 0.3) is 0 Å². The van der Waals surface area contributed by atoms with Gasteiger partial charge in [0.15, 0.2) is 11.7 Å². The normalized spacial score (nSPS) is 16.9. The molecule has 1 aromatic heterocycles. The van der Waals surface area contributed by atoms with Gasteiger partial charge in [-0.15, -0.1) is 0 Å². The van der Waals surface area contributed by atoms with Crippen molar-refractivity contribution in [3.63, 3.8) is 0 Å². The van der Waals surface area contributed by atoms with Crippen LogP contribution in [-0.4, -0.2) is 41.1 Å². The second-order valence-electron chi connectivity index (χ2n) is 7.91. The topological polar surface area (TPSA) is 96.1 Å². The summed E-state index contributed by atoms with van der Waals surface area (Å²) in [6.45, 7) is 0.497. The van der Waals surface area contributed by atoms with Crippen LogP contribution in [-0.2, 0) is 21.9 Å². The molecule has 1 atom stereocenters. The van der Waals surface area contributed by atoms with E-state index in [1.807, 2.05) is 54.6 Å². The minimum Gasteiger partial charge on any atom is -0.330 e. The Morgan fingerprint density at radius 3 is 2.44 bits per heavy atom. The molecule has 0 N–H and O–H groups in total. The maximum absolute atomic E-state index is 13.2. The number of aryl methyl sites for hydroxylation is 1. The van der Waals surface area contributed by atoms with Gasteiger partial charge in [-0.1, -0.05) is 42.5 Å². The molecule has 1 aliphatic rings. The quantitative estimate of drug-likeness (QED) is 0.575. The van der Waals surface area contributed by atoms with Gasteiger partial charge in [-0.3, -0.25) is 4.79 Å². The number of rotatable bonds is 6. The van der Waals surface area contributed by atoms with Crippen LogP contribution in [0.5, 0.6) is 0 Å². The van der Waals surface area contributed by atoms with E-state index in [1.165, 1.54) is 9.71 Å². The summed E-state index contributed by atoms with van der Waals surface area (Å²) in [6.07, 6.45) is 2.35. The molecule has 1 unspecified atom stereocenters. The summed E-state index contributed by atoms with van der Waals surface area (Å²) in [4.78, 5) is 17.7. The second kappa shape index (κ2) is 9.07. The minimum absolute atomic E-state index is 0.192. The fraction of sp³-hybridized carbons (Fsp3) is 0.292. The zero-order valence-electron chi connectivity index (χ0n) is 17.8. The number of carbonyl (C=O) groups is 1. The molecule has 0 aliphatic carbocycles. The van der Waals surface area contributed by atoms with Crippen LogP contribution < -0.4 is 0 Å². The third-order valence-corrected chi connectivity index (χ3v) is 7.51. The van der Waals surface area contributed by atoms with Gasteiger partial charge >= 0.3 is 0 Å². The van der Waals surface area contributed by atoms with Gasteiger partial charge in [0.2, 0.25) is 10.0 Å². The monoisotopic (exact) mass is 448 g/mol. The summed E-state index contributed by atoms with van der Waals surface area (Å²) in [5, 5.41) is 11.0. The number of ketones is 1. The highest BCUT2D eigenvalue weighted by Crippen LogP contribution is 2.29. The van der Waals surface area contributed by atoms with Crippen LogP contribution in [0.15, 0.2) is 60.0 Å². The number of benzene rings is 2. The van der Waals surface area contributed by atoms with E-state index in [2.05, 4.69) is 11.1 Å². The SMILES string of the molecule is Cn1c(C(C#N)C(=O)C2CCN(S(=O)(=O)C=Cc3ccccc3)CC2)nc2ccccc21. The number of para-hydroxylation sites is 2. The molecule has 0 spiro atoms. The molecule has 0 amide bonds. The van der Waals surface area contributed by atoms with Crippen LogP contribution in [0.4, 0.5) is 0 Å². The van der Waals surface area contributed by atoms with Crippen LogP contribution in [0.3, 0.4) is 0 Å². The number of imidazole rings is 1. The molecule has 32 heavy (non-hydrogen) atoms. The third kappa shape index (κ3) is 4.35. The number of nitriles is 1. The van der Waals surface area contributed by atoms with Crippen LogP contribution in [0.1, 0.15) is 30.1 Å². The smallest absolute Gasteiger partial charge is 0.236 e. The first-order valence-electron chi connectivity index (χ1n) is 10.5. The fourth-order valence-electron chi connectivity index (χ4n) is 4.12. The Labute approximate surface area is 187 Å². The van der Waals surface area contributed by atoms with Crippen molar-refractivity contribution in [2.24, 2.45) is 13.0 Å². The first-order chi connectivity index (χ1) is 15.4. The van der Waals surface area contributed by atoms with E-state index in [0.717, 1.165) is 16.6 Å². The van der Waals surface area contributed by atoms with Gasteiger partial charge in [-0.25, -0.2) is 13.4 Å². The maximum Gasteiger partial charge on any atom is 0.236 e. The number of piperidine rings is 1. The predicted molar refractivity (Wildman–Crippen MR) is 123 cm³/mol. The minimum atomic E-state index is -3.57. The van der Waals surface area contributed by atoms with Crippen LogP contribution in [0.2, 0.25) is 0 Å². The van der Waals surface area contributed by atoms with Crippen molar-refractivity contribution < 1.29 is 13.2 Å². The number of aromatic nitrogens is 2. The van der Waals surface area contributed by atoms with E-state index in [4.69, 9.17) is 0 Å². The van der Waals surface area contributed by atoms with Gasteiger partial charge in [0.1, 0.15) is 5.82 Å². The Kier molecular flexibility index (Phi) is 6.21. The highest BCUT2D eigenvalue weighted by atomic mass is 32.2. The molecular formula is C24H24N4O3S. The highest BCUT2D eigenvalue weighted by molar-refractivity contribution is 7.92. The highest BCUT2D eigenvalue weighted by Gasteiger charge is 2.35. The summed E-state index contributed by atoms with van der Waals surface area (Å²) in [5.41, 5.74) is 2.41. The molecule has 0 radical (unpaired) electrons. The van der Waals surface area contributed by atoms with Crippen molar-refractivity contribution in [1.29, 1.82) is 5.26 Å². The van der Waals surface area contributed by atoms with Gasteiger partial charge in [0.05, 0.1) is 17.1 Å². The molecular weight excluding hydrogens is 424 g/mol. The lowest BCUT2D eigenvalue weighted by Crippen LogP contribution is -2.40. The van der Waals surface area contributed by atoms with Gasteiger partial charge in [0, 0.05) is 31.5 Å². The lowest BCUT2D eigenvalue weighted by molar-refractivity contribution is -0.124. The Bertz CT molecular complexity index is 1300. The van der Waals surface area contributed by atoms with Crippen molar-refractivity contribution in [3.8, 4) is 6.07 Å². The Morgan fingerprint density at radius 2 is 1.78 bits per heavy atom. The molecule has 1 fully saturated rings. The predicted octanol–water partition coefficient (Wildman–Crippen LogP) is 3.46. The van der Waals surface area contributed by atoms with Crippen molar-refractivity contribution in [1.82, 2.24) is 13.9 Å². The lowest BCUT2D eigenvalue weighted by Gasteiger charge is -2.30. The largest absolute Gasteiger partial charge is 0.330 e. The van der Waals surface area contributed by atoms with E-state index in [1.54, 1.807) is 17.7 Å². The molecule has 4 rings (SSSR count). The molecule has 7 nitrogen and oxygen atoms in total. The van der Waals surface area contributed by atoms with Crippen LogP contribution in [0, 0.1) is 17.2 Å². The summed E-state index contributed by atoms with van der Waals surface area (Å²) in [7, 11) is -1.77. The van der Waals surface area contributed by atoms with Crippen LogP contribution >= 0.6 is 0 Å². The number of nitrogens with zero attached hydrogens (tertiary/aromatic N) is 4. The molecule has 2 heterocycles. The zero-order chi connectivity index (χ0) is 22.7. The number of sulfonamides is 1. The number of carbonyl (C=O) groups excluding carboxylic acids is 1. The Morgan fingerprint density at radius 1 is 1.12 bits per heavy atom. The van der Waals surface area contributed by atoms with E-state index >= 15 is 0 Å². The molecule has 2 aromatic carbocycles. The van der Waals surface area contributed by atoms with E-state index < -0.39 is 15.9 Å². The number of fused-ring (bicyclic) bond motifs is 1. The van der Waals surface area contributed by atoms with E-state index in [0.29, 0.717) is 18.7 Å². The van der Waals surface area contributed by atoms with Gasteiger partial charge < -0.3 is 4.57 Å². The molecule has 0 bridgehead atoms. The fourth-order valence-corrected chi connectivity index (χ4v) is 5.34. The molecule has 164 valence electrons. The summed E-state index contributed by atoms with van der Waals surface area (Å²) in [5.74, 6) is -1.11. The average Bonchev–Trinajstić information content (AvgIpc) is 3.15. The first-order valence-corrected chi connectivity index (χ1v) is 12.0. The number of Topliss-reactive ketones (excluding diaryl/α,β-unsaturated/α-hetero) is 1. The number of hydrogen-bond donors (Lipinski definition) is 0. The Hall–Kier alpha value is -3.28. The standard InChI is InChI=1S/C24H24N4O3S/c1-27-22-10-6-5-9-21(22)26-24(27)20(17-25)23(29)19-11-14-28(15-12-19)32(30,31)16-13-18-7-3-2-4-8-18/h2-10,13,16,19-20H,11-12,14-15H2,1H3. The summed E-state index contributed by atoms with van der Waals surface area (Å²) in [6, 6.07) is 18.9. The second-order valence-corrected chi connectivity index (χ2v) is 9.73. The van der Waals surface area contributed by atoms with Gasteiger partial charge in [-0.05, 0) is 36.6 Å². The molecule has 1 saturated heterocycles. The maximum atomic E-state index is 13.2.